The van der Waals surface area contributed by atoms with Crippen LogP contribution in [0.1, 0.15) is 43.9 Å². The molecule has 0 aromatic carbocycles. The Morgan fingerprint density at radius 2 is 2.38 bits per heavy atom. The van der Waals surface area contributed by atoms with Crippen LogP contribution in [0.3, 0.4) is 0 Å². The van der Waals surface area contributed by atoms with Gasteiger partial charge in [-0.25, -0.2) is 9.50 Å². The molecule has 2 atom stereocenters. The maximum Gasteiger partial charge on any atom is 0.241 e. The molecule has 2 fully saturated rings. The summed E-state index contributed by atoms with van der Waals surface area (Å²) < 4.78 is 7.11. The van der Waals surface area contributed by atoms with E-state index in [1.54, 1.807) is 6.20 Å². The van der Waals surface area contributed by atoms with Crippen LogP contribution in [0.25, 0.3) is 5.52 Å². The number of hydrogen-bond donors (Lipinski definition) is 2. The molecule has 2 aromatic rings. The van der Waals surface area contributed by atoms with Gasteiger partial charge in [-0.15, -0.1) is 5.10 Å². The van der Waals surface area contributed by atoms with Crippen molar-refractivity contribution < 1.29 is 9.84 Å². The van der Waals surface area contributed by atoms with Crippen molar-refractivity contribution in [1.82, 2.24) is 14.6 Å². The van der Waals surface area contributed by atoms with Gasteiger partial charge in [0.15, 0.2) is 0 Å². The highest BCUT2D eigenvalue weighted by Crippen LogP contribution is 2.52. The Morgan fingerprint density at radius 1 is 1.54 bits per heavy atom. The summed E-state index contributed by atoms with van der Waals surface area (Å²) in [5, 5.41) is 27.4. The van der Waals surface area contributed by atoms with E-state index in [0.29, 0.717) is 31.1 Å². The molecule has 4 rings (SSSR count). The van der Waals surface area contributed by atoms with Crippen molar-refractivity contribution in [1.29, 1.82) is 5.26 Å². The molecule has 0 bridgehead atoms. The van der Waals surface area contributed by atoms with Crippen LogP contribution in [0.5, 0.6) is 0 Å². The van der Waals surface area contributed by atoms with E-state index in [1.807, 2.05) is 10.6 Å². The van der Waals surface area contributed by atoms with Gasteiger partial charge in [0.05, 0.1) is 41.7 Å². The minimum Gasteiger partial charge on any atom is -0.389 e. The van der Waals surface area contributed by atoms with E-state index in [-0.39, 0.29) is 11.5 Å². The molecular weight excluding hydrogens is 306 g/mol. The molecule has 0 unspecified atom stereocenters. The van der Waals surface area contributed by atoms with Gasteiger partial charge < -0.3 is 15.2 Å². The first-order valence-electron chi connectivity index (χ1n) is 8.48. The van der Waals surface area contributed by atoms with Crippen LogP contribution in [0, 0.1) is 11.3 Å². The number of aliphatic hydroxyl groups excluding tert-OH is 1. The fourth-order valence-electron chi connectivity index (χ4n) is 3.60. The average Bonchev–Trinajstić information content (AvgIpc) is 3.30. The van der Waals surface area contributed by atoms with Gasteiger partial charge in [0.1, 0.15) is 6.07 Å². The number of aromatic nitrogens is 3. The van der Waals surface area contributed by atoms with E-state index in [1.165, 1.54) is 0 Å². The summed E-state index contributed by atoms with van der Waals surface area (Å²) in [5.74, 6) is 0.474. The maximum atomic E-state index is 10.0. The van der Waals surface area contributed by atoms with Crippen LogP contribution in [-0.4, -0.2) is 45.1 Å². The molecule has 126 valence electrons. The molecule has 0 spiro atoms. The molecule has 7 heteroatoms. The fourth-order valence-corrected chi connectivity index (χ4v) is 3.60. The molecule has 2 aliphatic rings. The highest BCUT2D eigenvalue weighted by Gasteiger charge is 2.46. The standard InChI is InChI=1S/C17H21N5O2/c1-2-17(4-5-17)15-11(8-18)7-12-9-19-16(21-22(12)15)20-13-3-6-24-10-14(13)23/h7,9,13-14,23H,2-6,10H2,1H3,(H,20,21)/t13-,14-/m1/s1. The molecule has 0 radical (unpaired) electrons. The van der Waals surface area contributed by atoms with Gasteiger partial charge in [0.25, 0.3) is 0 Å². The Labute approximate surface area is 140 Å². The summed E-state index contributed by atoms with van der Waals surface area (Å²) in [6, 6.07) is 4.05. The fraction of sp³-hybridized carbons (Fsp3) is 0.588. The van der Waals surface area contributed by atoms with Crippen molar-refractivity contribution in [3.63, 3.8) is 0 Å². The lowest BCUT2D eigenvalue weighted by Gasteiger charge is -2.28. The Kier molecular flexibility index (Phi) is 3.66. The molecule has 1 aliphatic heterocycles. The molecule has 1 saturated carbocycles. The molecule has 2 aromatic heterocycles. The number of hydrogen-bond acceptors (Lipinski definition) is 6. The van der Waals surface area contributed by atoms with Crippen molar-refractivity contribution >= 4 is 11.5 Å². The molecular formula is C17H21N5O2. The lowest BCUT2D eigenvalue weighted by atomic mass is 9.96. The minimum absolute atomic E-state index is 0.0707. The molecule has 1 saturated heterocycles. The van der Waals surface area contributed by atoms with Crippen LogP contribution >= 0.6 is 0 Å². The van der Waals surface area contributed by atoms with Crippen LogP contribution < -0.4 is 5.32 Å². The second-order valence-corrected chi connectivity index (χ2v) is 6.75. The number of rotatable bonds is 4. The largest absolute Gasteiger partial charge is 0.389 e. The Hall–Kier alpha value is -2.17. The molecule has 0 amide bonds. The zero-order valence-electron chi connectivity index (χ0n) is 13.7. The minimum atomic E-state index is -0.567. The third-order valence-electron chi connectivity index (χ3n) is 5.31. The van der Waals surface area contributed by atoms with Crippen molar-refractivity contribution in [3.8, 4) is 6.07 Å². The van der Waals surface area contributed by atoms with E-state index in [2.05, 4.69) is 28.4 Å². The van der Waals surface area contributed by atoms with Crippen molar-refractivity contribution in [2.45, 2.75) is 50.2 Å². The van der Waals surface area contributed by atoms with E-state index in [9.17, 15) is 10.4 Å². The van der Waals surface area contributed by atoms with Gasteiger partial charge in [-0.3, -0.25) is 0 Å². The summed E-state index contributed by atoms with van der Waals surface area (Å²) in [4.78, 5) is 4.35. The van der Waals surface area contributed by atoms with Crippen molar-refractivity contribution in [2.75, 3.05) is 18.5 Å². The second-order valence-electron chi connectivity index (χ2n) is 6.75. The lowest BCUT2D eigenvalue weighted by Crippen LogP contribution is -2.42. The van der Waals surface area contributed by atoms with Crippen LogP contribution in [0.4, 0.5) is 5.95 Å². The van der Waals surface area contributed by atoms with Gasteiger partial charge in [0, 0.05) is 12.0 Å². The molecule has 2 N–H and O–H groups in total. The summed E-state index contributed by atoms with van der Waals surface area (Å²) in [6.07, 6.45) is 5.06. The number of ether oxygens (including phenoxy) is 1. The quantitative estimate of drug-likeness (QED) is 0.886. The highest BCUT2D eigenvalue weighted by molar-refractivity contribution is 5.58. The lowest BCUT2D eigenvalue weighted by molar-refractivity contribution is -0.0136. The third kappa shape index (κ3) is 2.43. The zero-order chi connectivity index (χ0) is 16.7. The molecule has 3 heterocycles. The first-order valence-corrected chi connectivity index (χ1v) is 8.48. The number of fused-ring (bicyclic) bond motifs is 1. The van der Waals surface area contributed by atoms with E-state index in [0.717, 1.165) is 30.5 Å². The van der Waals surface area contributed by atoms with Crippen molar-refractivity contribution in [2.24, 2.45) is 0 Å². The smallest absolute Gasteiger partial charge is 0.241 e. The average molecular weight is 327 g/mol. The summed E-state index contributed by atoms with van der Waals surface area (Å²) in [7, 11) is 0. The van der Waals surface area contributed by atoms with E-state index >= 15 is 0 Å². The Bertz CT molecular complexity index is 805. The molecule has 1 aliphatic carbocycles. The summed E-state index contributed by atoms with van der Waals surface area (Å²) in [5.41, 5.74) is 2.59. The third-order valence-corrected chi connectivity index (χ3v) is 5.31. The second kappa shape index (κ2) is 5.72. The van der Waals surface area contributed by atoms with Crippen LogP contribution in [0.15, 0.2) is 12.3 Å². The number of nitriles is 1. The first-order chi connectivity index (χ1) is 11.7. The number of nitrogens with one attached hydrogen (secondary N) is 1. The summed E-state index contributed by atoms with van der Waals surface area (Å²) >= 11 is 0. The van der Waals surface area contributed by atoms with Gasteiger partial charge >= 0.3 is 0 Å². The predicted octanol–water partition coefficient (Wildman–Crippen LogP) is 1.60. The molecule has 7 nitrogen and oxygen atoms in total. The van der Waals surface area contributed by atoms with E-state index in [4.69, 9.17) is 4.74 Å². The van der Waals surface area contributed by atoms with Gasteiger partial charge in [-0.2, -0.15) is 5.26 Å². The summed E-state index contributed by atoms with van der Waals surface area (Å²) in [6.45, 7) is 3.10. The van der Waals surface area contributed by atoms with Gasteiger partial charge in [-0.05, 0) is 31.7 Å². The monoisotopic (exact) mass is 327 g/mol. The number of nitrogens with zero attached hydrogens (tertiary/aromatic N) is 4. The Balaban J connectivity index is 1.72. The Morgan fingerprint density at radius 3 is 3.04 bits per heavy atom. The normalized spacial score (nSPS) is 25.4. The number of aliphatic hydroxyl groups is 1. The van der Waals surface area contributed by atoms with Crippen LogP contribution in [-0.2, 0) is 10.2 Å². The molecule has 24 heavy (non-hydrogen) atoms. The van der Waals surface area contributed by atoms with Crippen molar-refractivity contribution in [3.05, 3.63) is 23.5 Å². The van der Waals surface area contributed by atoms with E-state index < -0.39 is 6.10 Å². The SMILES string of the molecule is CCC1(c2c(C#N)cc3cnc(N[C@@H]4CCOC[C@H]4O)nn23)CC1. The number of anilines is 1. The first kappa shape index (κ1) is 15.4. The topological polar surface area (TPSA) is 95.5 Å². The van der Waals surface area contributed by atoms with Gasteiger partial charge in [-0.1, -0.05) is 6.92 Å². The maximum absolute atomic E-state index is 10.0. The van der Waals surface area contributed by atoms with Gasteiger partial charge in [0.2, 0.25) is 5.95 Å². The zero-order valence-corrected chi connectivity index (χ0v) is 13.7. The van der Waals surface area contributed by atoms with Crippen LogP contribution in [0.2, 0.25) is 0 Å². The predicted molar refractivity (Wildman–Crippen MR) is 87.8 cm³/mol. The highest BCUT2D eigenvalue weighted by atomic mass is 16.5.